The molecule has 0 aliphatic heterocycles. The molecule has 0 saturated heterocycles. The monoisotopic (exact) mass is 362 g/mol. The van der Waals surface area contributed by atoms with Gasteiger partial charge in [0.15, 0.2) is 0 Å². The van der Waals surface area contributed by atoms with Crippen LogP contribution in [0.5, 0.6) is 0 Å². The van der Waals surface area contributed by atoms with E-state index in [4.69, 9.17) is 0 Å². The van der Waals surface area contributed by atoms with E-state index < -0.39 is 0 Å². The van der Waals surface area contributed by atoms with Gasteiger partial charge in [0.2, 0.25) is 0 Å². The molecule has 64 valence electrons. The smallest absolute Gasteiger partial charge is 0.0392 e. The van der Waals surface area contributed by atoms with Gasteiger partial charge in [-0.15, -0.1) is 0 Å². The summed E-state index contributed by atoms with van der Waals surface area (Å²) >= 11 is 11.2. The molecular formula is C7H10Br3P. The number of rotatable bonds is 1. The molecule has 0 spiro atoms. The van der Waals surface area contributed by atoms with Crippen LogP contribution >= 0.6 is 52.2 Å². The van der Waals surface area contributed by atoms with Crippen molar-refractivity contribution in [2.24, 2.45) is 11.8 Å². The molecule has 2 aliphatic carbocycles. The Kier molecular flexibility index (Phi) is 3.04. The Morgan fingerprint density at radius 1 is 1.09 bits per heavy atom. The lowest BCUT2D eigenvalue weighted by atomic mass is 10.0. The minimum absolute atomic E-state index is 0.0775. The molecule has 0 aromatic rings. The predicted molar refractivity (Wildman–Crippen MR) is 62.1 cm³/mol. The molecule has 0 aromatic heterocycles. The second-order valence-corrected chi connectivity index (χ2v) is 13.1. The lowest BCUT2D eigenvalue weighted by molar-refractivity contribution is 0.508. The van der Waals surface area contributed by atoms with Gasteiger partial charge < -0.3 is 0 Å². The quantitative estimate of drug-likeness (QED) is 0.469. The Morgan fingerprint density at radius 2 is 1.73 bits per heavy atom. The van der Waals surface area contributed by atoms with Crippen molar-refractivity contribution in [3.63, 3.8) is 0 Å². The first-order chi connectivity index (χ1) is 5.20. The molecule has 0 nitrogen and oxygen atoms in total. The van der Waals surface area contributed by atoms with Crippen LogP contribution < -0.4 is 0 Å². The van der Waals surface area contributed by atoms with Crippen molar-refractivity contribution in [1.82, 2.24) is 0 Å². The summed E-state index contributed by atoms with van der Waals surface area (Å²) in [6, 6.07) is 0. The lowest BCUT2D eigenvalue weighted by Gasteiger charge is -2.27. The second-order valence-electron chi connectivity index (χ2n) is 3.53. The molecule has 4 unspecified atom stereocenters. The van der Waals surface area contributed by atoms with Crippen molar-refractivity contribution < 1.29 is 0 Å². The molecule has 0 heterocycles. The highest BCUT2D eigenvalue weighted by molar-refractivity contribution is 9.69. The van der Waals surface area contributed by atoms with Crippen LogP contribution in [0, 0.1) is 11.8 Å². The van der Waals surface area contributed by atoms with Crippen LogP contribution in [0.3, 0.4) is 0 Å². The zero-order valence-corrected chi connectivity index (χ0v) is 11.7. The maximum Gasteiger partial charge on any atom is 0.0392 e. The molecule has 2 saturated carbocycles. The Bertz CT molecular complexity index is 160. The van der Waals surface area contributed by atoms with E-state index in [9.17, 15) is 0 Å². The van der Waals surface area contributed by atoms with Crippen molar-refractivity contribution in [2.75, 3.05) is 0 Å². The molecule has 4 atom stereocenters. The van der Waals surface area contributed by atoms with Crippen molar-refractivity contribution in [2.45, 2.75) is 29.7 Å². The standard InChI is InChI=1S/C7H10Br3P/c8-6-4-1-2-5(3-4)7(6)11(9)10/h4-7H,1-3H2. The Hall–Kier alpha value is 1.87. The number of alkyl halides is 1. The van der Waals surface area contributed by atoms with Crippen LogP contribution in [0.15, 0.2) is 0 Å². The minimum atomic E-state index is -0.0775. The summed E-state index contributed by atoms with van der Waals surface area (Å²) in [6.07, 6.45) is 4.39. The molecule has 0 amide bonds. The van der Waals surface area contributed by atoms with E-state index in [1.807, 2.05) is 0 Å². The summed E-state index contributed by atoms with van der Waals surface area (Å²) in [7, 11) is 0. The topological polar surface area (TPSA) is 0 Å². The van der Waals surface area contributed by atoms with Gasteiger partial charge >= 0.3 is 0 Å². The summed E-state index contributed by atoms with van der Waals surface area (Å²) in [5.74, 6) is 1.97. The van der Waals surface area contributed by atoms with Crippen LogP contribution in [-0.4, -0.2) is 10.5 Å². The van der Waals surface area contributed by atoms with Gasteiger partial charge in [0, 0.05) is 15.8 Å². The van der Waals surface area contributed by atoms with E-state index in [1.54, 1.807) is 0 Å². The molecule has 4 heteroatoms. The van der Waals surface area contributed by atoms with Crippen molar-refractivity contribution in [3.05, 3.63) is 0 Å². The van der Waals surface area contributed by atoms with Crippen LogP contribution in [0.4, 0.5) is 0 Å². The molecule has 11 heavy (non-hydrogen) atoms. The number of hydrogen-bond acceptors (Lipinski definition) is 0. The number of halogens is 3. The highest BCUT2D eigenvalue weighted by Gasteiger charge is 2.48. The zero-order valence-electron chi connectivity index (χ0n) is 6.01. The van der Waals surface area contributed by atoms with Crippen LogP contribution in [0.25, 0.3) is 0 Å². The van der Waals surface area contributed by atoms with E-state index >= 15 is 0 Å². The third-order valence-corrected chi connectivity index (χ3v) is 8.76. The van der Waals surface area contributed by atoms with Gasteiger partial charge in [-0.3, -0.25) is 0 Å². The summed E-state index contributed by atoms with van der Waals surface area (Å²) in [5.41, 5.74) is 0.878. The zero-order chi connectivity index (χ0) is 8.01. The van der Waals surface area contributed by atoms with Crippen LogP contribution in [-0.2, 0) is 0 Å². The third-order valence-electron chi connectivity index (χ3n) is 3.00. The fourth-order valence-corrected chi connectivity index (χ4v) is 10.6. The summed E-state index contributed by atoms with van der Waals surface area (Å²) in [4.78, 5) is 0.783. The molecule has 0 N–H and O–H groups in total. The van der Waals surface area contributed by atoms with Gasteiger partial charge in [0.1, 0.15) is 0 Å². The molecular weight excluding hydrogens is 355 g/mol. The van der Waals surface area contributed by atoms with Gasteiger partial charge in [0.25, 0.3) is 0 Å². The van der Waals surface area contributed by atoms with E-state index in [-0.39, 0.29) is 5.33 Å². The number of hydrogen-bond donors (Lipinski definition) is 0. The first-order valence-corrected chi connectivity index (χ1v) is 10.3. The minimum Gasteiger partial charge on any atom is -0.0880 e. The van der Waals surface area contributed by atoms with Crippen LogP contribution in [0.1, 0.15) is 19.3 Å². The first kappa shape index (κ1) is 9.43. The second kappa shape index (κ2) is 3.55. The Morgan fingerprint density at radius 3 is 2.09 bits per heavy atom. The summed E-state index contributed by atoms with van der Waals surface area (Å²) < 4.78 is 0. The first-order valence-electron chi connectivity index (χ1n) is 3.95. The van der Waals surface area contributed by atoms with Gasteiger partial charge in [-0.25, -0.2) is 0 Å². The fraction of sp³-hybridized carbons (Fsp3) is 1.00. The lowest BCUT2D eigenvalue weighted by Crippen LogP contribution is -2.23. The predicted octanol–water partition coefficient (Wildman–Crippen LogP) is 4.65. The van der Waals surface area contributed by atoms with E-state index in [1.165, 1.54) is 19.3 Å². The average molecular weight is 365 g/mol. The van der Waals surface area contributed by atoms with Gasteiger partial charge in [-0.1, -0.05) is 15.9 Å². The average Bonchev–Trinajstić information content (AvgIpc) is 2.44. The largest absolute Gasteiger partial charge is 0.0880 e. The maximum absolute atomic E-state index is 3.82. The number of fused-ring (bicyclic) bond motifs is 2. The Balaban J connectivity index is 2.11. The highest BCUT2D eigenvalue weighted by Crippen LogP contribution is 2.67. The summed E-state index contributed by atoms with van der Waals surface area (Å²) in [6.45, 7) is 0. The van der Waals surface area contributed by atoms with Crippen molar-refractivity contribution in [3.8, 4) is 0 Å². The van der Waals surface area contributed by atoms with Crippen molar-refractivity contribution in [1.29, 1.82) is 0 Å². The van der Waals surface area contributed by atoms with E-state index in [0.717, 1.165) is 22.3 Å². The molecule has 2 aliphatic rings. The fourth-order valence-electron chi connectivity index (χ4n) is 2.46. The van der Waals surface area contributed by atoms with Gasteiger partial charge in [0.05, 0.1) is 0 Å². The highest BCUT2D eigenvalue weighted by atomic mass is 79.9. The molecule has 0 aromatic carbocycles. The van der Waals surface area contributed by atoms with E-state index in [0.29, 0.717) is 0 Å². The Labute approximate surface area is 93.2 Å². The van der Waals surface area contributed by atoms with E-state index in [2.05, 4.69) is 46.9 Å². The third kappa shape index (κ3) is 1.60. The summed E-state index contributed by atoms with van der Waals surface area (Å²) in [5, 5.41) is -0.0775. The van der Waals surface area contributed by atoms with Crippen molar-refractivity contribution >= 4 is 52.2 Å². The molecule has 2 bridgehead atoms. The maximum atomic E-state index is 3.82. The normalized spacial score (nSPS) is 49.1. The van der Waals surface area contributed by atoms with Gasteiger partial charge in [-0.2, -0.15) is 0 Å². The molecule has 2 rings (SSSR count). The molecule has 2 fully saturated rings. The van der Waals surface area contributed by atoms with Gasteiger partial charge in [-0.05, 0) is 62.1 Å². The SMILES string of the molecule is BrC1C2CCC(C2)C1P(Br)Br. The molecule has 0 radical (unpaired) electrons. The van der Waals surface area contributed by atoms with Crippen LogP contribution in [0.2, 0.25) is 0 Å².